The van der Waals surface area contributed by atoms with E-state index in [-0.39, 0.29) is 11.7 Å². The monoisotopic (exact) mass is 342 g/mol. The van der Waals surface area contributed by atoms with Gasteiger partial charge in [0.05, 0.1) is 0 Å². The van der Waals surface area contributed by atoms with E-state index in [0.717, 1.165) is 38.0 Å². The van der Waals surface area contributed by atoms with E-state index in [4.69, 9.17) is 5.73 Å². The smallest absolute Gasteiger partial charge is 0.227 e. The summed E-state index contributed by atoms with van der Waals surface area (Å²) < 4.78 is 13.6. The van der Waals surface area contributed by atoms with E-state index in [1.165, 1.54) is 6.07 Å². The number of halogens is 1. The molecule has 0 aliphatic carbocycles. The Hall–Kier alpha value is -2.25. The van der Waals surface area contributed by atoms with Gasteiger partial charge in [0.2, 0.25) is 5.95 Å². The van der Waals surface area contributed by atoms with Gasteiger partial charge >= 0.3 is 0 Å². The van der Waals surface area contributed by atoms with Crippen molar-refractivity contribution in [3.63, 3.8) is 0 Å². The van der Waals surface area contributed by atoms with Crippen molar-refractivity contribution in [2.24, 2.45) is 5.92 Å². The van der Waals surface area contributed by atoms with E-state index >= 15 is 0 Å². The van der Waals surface area contributed by atoms with Crippen molar-refractivity contribution in [3.8, 4) is 0 Å². The molecular formula is C18H23FN6. The normalized spacial score (nSPS) is 24.6. The van der Waals surface area contributed by atoms with Crippen molar-refractivity contribution in [2.75, 3.05) is 30.3 Å². The molecule has 132 valence electrons. The Morgan fingerprint density at radius 3 is 2.80 bits per heavy atom. The quantitative estimate of drug-likeness (QED) is 0.788. The van der Waals surface area contributed by atoms with Crippen molar-refractivity contribution < 1.29 is 4.39 Å². The lowest BCUT2D eigenvalue weighted by molar-refractivity contribution is 0.294. The fraction of sp³-hybridized carbons (Fsp3) is 0.444. The number of piperidine rings is 1. The van der Waals surface area contributed by atoms with Gasteiger partial charge in [-0.3, -0.25) is 10.9 Å². The first-order valence-electron chi connectivity index (χ1n) is 8.78. The van der Waals surface area contributed by atoms with Gasteiger partial charge in [0.25, 0.3) is 0 Å². The van der Waals surface area contributed by atoms with Gasteiger partial charge in [0.15, 0.2) is 0 Å². The second kappa shape index (κ2) is 6.93. The molecule has 1 aromatic carbocycles. The third-order valence-electron chi connectivity index (χ3n) is 5.30. The Kier molecular flexibility index (Phi) is 4.50. The van der Waals surface area contributed by atoms with Gasteiger partial charge in [-0.25, -0.2) is 9.37 Å². The summed E-state index contributed by atoms with van der Waals surface area (Å²) in [4.78, 5) is 10.8. The highest BCUT2D eigenvalue weighted by Crippen LogP contribution is 2.33. The van der Waals surface area contributed by atoms with Crippen LogP contribution < -0.4 is 21.5 Å². The zero-order chi connectivity index (χ0) is 17.2. The number of hydrazine groups is 1. The predicted molar refractivity (Wildman–Crippen MR) is 95.4 cm³/mol. The van der Waals surface area contributed by atoms with Crippen LogP contribution >= 0.6 is 0 Å². The van der Waals surface area contributed by atoms with E-state index in [9.17, 15) is 4.39 Å². The molecule has 2 fully saturated rings. The maximum absolute atomic E-state index is 13.6. The van der Waals surface area contributed by atoms with Crippen LogP contribution in [0, 0.1) is 11.7 Å². The number of hydrogen-bond donors (Lipinski definition) is 3. The standard InChI is InChI=1S/C18H23FN6/c19-14-3-1-2-13(10-14)15-11-22-24-17(15)12-5-8-25(9-6-12)18-21-7-4-16(20)23-18/h1-4,7,10,12,15,17,22,24H,5-6,8-9,11H2,(H2,20,21,23). The van der Waals surface area contributed by atoms with Crippen molar-refractivity contribution in [1.82, 2.24) is 20.8 Å². The Morgan fingerprint density at radius 2 is 2.04 bits per heavy atom. The number of nitrogens with zero attached hydrogens (tertiary/aromatic N) is 3. The van der Waals surface area contributed by atoms with E-state index < -0.39 is 0 Å². The molecule has 2 aliphatic rings. The molecule has 3 heterocycles. The maximum atomic E-state index is 13.6. The molecule has 0 amide bonds. The second-order valence-electron chi connectivity index (χ2n) is 6.82. The van der Waals surface area contributed by atoms with Gasteiger partial charge in [-0.05, 0) is 42.5 Å². The first kappa shape index (κ1) is 16.2. The first-order chi connectivity index (χ1) is 12.2. The molecule has 0 bridgehead atoms. The van der Waals surface area contributed by atoms with Crippen LogP contribution in [0.2, 0.25) is 0 Å². The zero-order valence-electron chi connectivity index (χ0n) is 14.0. The minimum absolute atomic E-state index is 0.170. The lowest BCUT2D eigenvalue weighted by atomic mass is 9.80. The lowest BCUT2D eigenvalue weighted by Gasteiger charge is -2.36. The number of nitrogens with one attached hydrogen (secondary N) is 2. The molecule has 25 heavy (non-hydrogen) atoms. The highest BCUT2D eigenvalue weighted by molar-refractivity contribution is 5.38. The number of rotatable bonds is 3. The Labute approximate surface area is 146 Å². The van der Waals surface area contributed by atoms with Crippen LogP contribution in [-0.4, -0.2) is 35.6 Å². The number of nitrogens with two attached hydrogens (primary N) is 1. The van der Waals surface area contributed by atoms with Crippen LogP contribution in [0.1, 0.15) is 24.3 Å². The summed E-state index contributed by atoms with van der Waals surface area (Å²) >= 11 is 0. The number of aromatic nitrogens is 2. The van der Waals surface area contributed by atoms with Crippen molar-refractivity contribution >= 4 is 11.8 Å². The Morgan fingerprint density at radius 1 is 1.20 bits per heavy atom. The summed E-state index contributed by atoms with van der Waals surface area (Å²) in [6, 6.07) is 8.98. The molecule has 2 aromatic rings. The van der Waals surface area contributed by atoms with Gasteiger partial charge in [-0.15, -0.1) is 0 Å². The van der Waals surface area contributed by atoms with Crippen LogP contribution in [0.4, 0.5) is 16.2 Å². The number of anilines is 2. The highest BCUT2D eigenvalue weighted by Gasteiger charge is 2.36. The van der Waals surface area contributed by atoms with Gasteiger partial charge in [-0.1, -0.05) is 12.1 Å². The topological polar surface area (TPSA) is 79.1 Å². The summed E-state index contributed by atoms with van der Waals surface area (Å²) in [6.45, 7) is 2.64. The molecular weight excluding hydrogens is 319 g/mol. The molecule has 4 N–H and O–H groups in total. The molecule has 1 aromatic heterocycles. The highest BCUT2D eigenvalue weighted by atomic mass is 19.1. The summed E-state index contributed by atoms with van der Waals surface area (Å²) in [5.74, 6) is 1.85. The summed E-state index contributed by atoms with van der Waals surface area (Å²) in [7, 11) is 0. The van der Waals surface area contributed by atoms with Crippen molar-refractivity contribution in [3.05, 3.63) is 47.9 Å². The lowest BCUT2D eigenvalue weighted by Crippen LogP contribution is -2.44. The molecule has 0 spiro atoms. The van der Waals surface area contributed by atoms with Crippen LogP contribution in [0.25, 0.3) is 0 Å². The van der Waals surface area contributed by atoms with E-state index in [1.807, 2.05) is 6.07 Å². The molecule has 2 unspecified atom stereocenters. The fourth-order valence-electron chi connectivity index (χ4n) is 4.00. The number of benzene rings is 1. The third-order valence-corrected chi connectivity index (χ3v) is 5.30. The van der Waals surface area contributed by atoms with Gasteiger partial charge in [-0.2, -0.15) is 4.98 Å². The number of nitrogen functional groups attached to an aromatic ring is 1. The van der Waals surface area contributed by atoms with E-state index in [1.54, 1.807) is 24.4 Å². The average molecular weight is 342 g/mol. The molecule has 4 rings (SSSR count). The van der Waals surface area contributed by atoms with Crippen molar-refractivity contribution in [1.29, 1.82) is 0 Å². The average Bonchev–Trinajstić information content (AvgIpc) is 3.12. The fourth-order valence-corrected chi connectivity index (χ4v) is 4.00. The number of hydrogen-bond acceptors (Lipinski definition) is 6. The largest absolute Gasteiger partial charge is 0.384 e. The molecule has 6 nitrogen and oxygen atoms in total. The minimum Gasteiger partial charge on any atom is -0.384 e. The molecule has 0 saturated carbocycles. The SMILES string of the molecule is Nc1ccnc(N2CCC(C3NNCC3c3cccc(F)c3)CC2)n1. The minimum atomic E-state index is -0.170. The zero-order valence-corrected chi connectivity index (χ0v) is 14.0. The van der Waals surface area contributed by atoms with E-state index in [2.05, 4.69) is 25.7 Å². The maximum Gasteiger partial charge on any atom is 0.227 e. The first-order valence-corrected chi connectivity index (χ1v) is 8.78. The van der Waals surface area contributed by atoms with Crippen LogP contribution in [0.5, 0.6) is 0 Å². The molecule has 0 radical (unpaired) electrons. The van der Waals surface area contributed by atoms with Crippen LogP contribution in [0.15, 0.2) is 36.5 Å². The molecule has 2 saturated heterocycles. The van der Waals surface area contributed by atoms with Gasteiger partial charge in [0, 0.05) is 37.8 Å². The Bertz CT molecular complexity index is 731. The van der Waals surface area contributed by atoms with Crippen molar-refractivity contribution in [2.45, 2.75) is 24.8 Å². The second-order valence-corrected chi connectivity index (χ2v) is 6.82. The summed E-state index contributed by atoms with van der Waals surface area (Å²) in [5, 5.41) is 0. The summed E-state index contributed by atoms with van der Waals surface area (Å²) in [5.41, 5.74) is 13.5. The third kappa shape index (κ3) is 3.43. The molecule has 2 aliphatic heterocycles. The van der Waals surface area contributed by atoms with Gasteiger partial charge < -0.3 is 10.6 Å². The van der Waals surface area contributed by atoms with Gasteiger partial charge in [0.1, 0.15) is 11.6 Å². The molecule has 2 atom stereocenters. The van der Waals surface area contributed by atoms with Crippen LogP contribution in [0.3, 0.4) is 0 Å². The van der Waals surface area contributed by atoms with E-state index in [0.29, 0.717) is 23.7 Å². The molecule has 7 heteroatoms. The van der Waals surface area contributed by atoms with Crippen LogP contribution in [-0.2, 0) is 0 Å². The Balaban J connectivity index is 1.43. The predicted octanol–water partition coefficient (Wildman–Crippen LogP) is 1.67. The summed E-state index contributed by atoms with van der Waals surface area (Å²) in [6.07, 6.45) is 3.79.